The number of hydrogen-bond donors (Lipinski definition) is 2. The molecule has 2 heterocycles. The van der Waals surface area contributed by atoms with Crippen LogP contribution in [-0.2, 0) is 6.18 Å². The lowest BCUT2D eigenvalue weighted by atomic mass is 9.96. The number of piperidine rings is 2. The van der Waals surface area contributed by atoms with E-state index >= 15 is 0 Å². The molecule has 2 N–H and O–H groups in total. The number of anilines is 2. The first-order valence-electron chi connectivity index (χ1n) is 12.0. The van der Waals surface area contributed by atoms with Gasteiger partial charge in [0.2, 0.25) is 0 Å². The Morgan fingerprint density at radius 2 is 1.66 bits per heavy atom. The summed E-state index contributed by atoms with van der Waals surface area (Å²) in [4.78, 5) is 27.5. The van der Waals surface area contributed by atoms with E-state index in [4.69, 9.17) is 0 Å². The van der Waals surface area contributed by atoms with E-state index in [1.165, 1.54) is 11.8 Å². The largest absolute Gasteiger partial charge is 0.418 e. The van der Waals surface area contributed by atoms with Crippen LogP contribution in [0.2, 0.25) is 0 Å². The molecule has 2 aliphatic rings. The van der Waals surface area contributed by atoms with Gasteiger partial charge in [0.25, 0.3) is 0 Å². The summed E-state index contributed by atoms with van der Waals surface area (Å²) in [6, 6.07) is 13.6. The number of nitroso groups, excluding NO2 is 1. The Labute approximate surface area is 202 Å². The third-order valence-corrected chi connectivity index (χ3v) is 6.83. The minimum Gasteiger partial charge on any atom is -0.382 e. The number of nitrogens with one attached hydrogen (secondary N) is 2. The number of amides is 2. The van der Waals surface area contributed by atoms with Crippen LogP contribution in [0.1, 0.15) is 31.2 Å². The van der Waals surface area contributed by atoms with Crippen molar-refractivity contribution in [3.63, 3.8) is 0 Å². The molecule has 2 saturated heterocycles. The van der Waals surface area contributed by atoms with Gasteiger partial charge in [-0.2, -0.15) is 13.2 Å². The number of halogens is 3. The van der Waals surface area contributed by atoms with Crippen molar-refractivity contribution in [2.45, 2.75) is 37.9 Å². The fourth-order valence-corrected chi connectivity index (χ4v) is 4.77. The minimum absolute atomic E-state index is 0.0579. The number of para-hydroxylation sites is 1. The molecule has 7 nitrogen and oxygen atoms in total. The number of benzene rings is 2. The van der Waals surface area contributed by atoms with Crippen LogP contribution in [0.4, 0.5) is 35.0 Å². The second kappa shape index (κ2) is 11.0. The molecule has 10 heteroatoms. The highest BCUT2D eigenvalue weighted by Gasteiger charge is 2.34. The molecular weight excluding hydrogens is 459 g/mol. The summed E-state index contributed by atoms with van der Waals surface area (Å²) in [5.41, 5.74) is -0.156. The predicted molar refractivity (Wildman–Crippen MR) is 130 cm³/mol. The number of likely N-dealkylation sites (tertiary alicyclic amines) is 1. The zero-order valence-electron chi connectivity index (χ0n) is 19.4. The van der Waals surface area contributed by atoms with E-state index in [0.29, 0.717) is 38.4 Å². The number of urea groups is 1. The van der Waals surface area contributed by atoms with Crippen molar-refractivity contribution in [3.8, 4) is 0 Å². The zero-order chi connectivity index (χ0) is 24.8. The molecule has 0 spiro atoms. The van der Waals surface area contributed by atoms with E-state index in [9.17, 15) is 22.9 Å². The van der Waals surface area contributed by atoms with Crippen molar-refractivity contribution in [1.29, 1.82) is 0 Å². The fourth-order valence-electron chi connectivity index (χ4n) is 4.77. The first-order chi connectivity index (χ1) is 16.8. The molecule has 0 bridgehead atoms. The number of hydrogen-bond acceptors (Lipinski definition) is 5. The molecule has 0 aromatic heterocycles. The Morgan fingerprint density at radius 3 is 2.29 bits per heavy atom. The second-order valence-electron chi connectivity index (χ2n) is 9.18. The van der Waals surface area contributed by atoms with E-state index in [1.54, 1.807) is 4.90 Å². The van der Waals surface area contributed by atoms with E-state index in [0.717, 1.165) is 38.1 Å². The monoisotopic (exact) mass is 489 g/mol. The quantitative estimate of drug-likeness (QED) is 0.518. The van der Waals surface area contributed by atoms with Crippen LogP contribution in [0.15, 0.2) is 53.7 Å². The Morgan fingerprint density at radius 1 is 0.971 bits per heavy atom. The van der Waals surface area contributed by atoms with Crippen LogP contribution < -0.4 is 15.5 Å². The molecule has 35 heavy (non-hydrogen) atoms. The third kappa shape index (κ3) is 6.43. The van der Waals surface area contributed by atoms with Gasteiger partial charge in [-0.05, 0) is 67.1 Å². The molecule has 2 aromatic rings. The van der Waals surface area contributed by atoms with Crippen molar-refractivity contribution >= 4 is 23.1 Å². The summed E-state index contributed by atoms with van der Waals surface area (Å²) in [7, 11) is 0. The maximum absolute atomic E-state index is 13.2. The van der Waals surface area contributed by atoms with Gasteiger partial charge >= 0.3 is 12.2 Å². The van der Waals surface area contributed by atoms with Gasteiger partial charge in [0.15, 0.2) is 0 Å². The molecule has 2 fully saturated rings. The fraction of sp³-hybridized carbons (Fsp3) is 0.480. The van der Waals surface area contributed by atoms with Gasteiger partial charge < -0.3 is 20.4 Å². The van der Waals surface area contributed by atoms with Crippen LogP contribution in [-0.4, -0.2) is 49.7 Å². The number of alkyl halides is 3. The molecule has 4 rings (SSSR count). The zero-order valence-corrected chi connectivity index (χ0v) is 19.4. The average Bonchev–Trinajstić information content (AvgIpc) is 2.88. The Hall–Kier alpha value is -3.30. The Kier molecular flexibility index (Phi) is 7.77. The first kappa shape index (κ1) is 24.8. The van der Waals surface area contributed by atoms with Crippen molar-refractivity contribution < 1.29 is 18.0 Å². The molecule has 0 radical (unpaired) electrons. The van der Waals surface area contributed by atoms with Crippen molar-refractivity contribution in [3.05, 3.63) is 59.0 Å². The normalized spacial score (nSPS) is 17.8. The van der Waals surface area contributed by atoms with E-state index in [2.05, 4.69) is 32.8 Å². The van der Waals surface area contributed by atoms with Gasteiger partial charge in [0.1, 0.15) is 5.69 Å². The lowest BCUT2D eigenvalue weighted by Crippen LogP contribution is -2.48. The topological polar surface area (TPSA) is 77.0 Å². The van der Waals surface area contributed by atoms with Crippen LogP contribution in [0, 0.1) is 10.8 Å². The highest BCUT2D eigenvalue weighted by molar-refractivity contribution is 5.74. The summed E-state index contributed by atoms with van der Waals surface area (Å²) in [5.74, 6) is 0.449. The summed E-state index contributed by atoms with van der Waals surface area (Å²) in [6.07, 6.45) is -1.35. The SMILES string of the molecule is O=Nc1ccc(NC2CCN(C(=O)NCC3CCN(c4ccccc4)CC3)CC2)cc1C(F)(F)F. The maximum atomic E-state index is 13.2. The second-order valence-corrected chi connectivity index (χ2v) is 9.18. The van der Waals surface area contributed by atoms with Crippen LogP contribution in [0.25, 0.3) is 0 Å². The van der Waals surface area contributed by atoms with Gasteiger partial charge in [-0.1, -0.05) is 18.2 Å². The van der Waals surface area contributed by atoms with Crippen LogP contribution in [0.5, 0.6) is 0 Å². The smallest absolute Gasteiger partial charge is 0.382 e. The molecule has 188 valence electrons. The average molecular weight is 490 g/mol. The molecule has 0 saturated carbocycles. The minimum atomic E-state index is -4.65. The number of nitrogens with zero attached hydrogens (tertiary/aromatic N) is 3. The van der Waals surface area contributed by atoms with Crippen molar-refractivity contribution in [2.24, 2.45) is 11.1 Å². The van der Waals surface area contributed by atoms with Crippen molar-refractivity contribution in [1.82, 2.24) is 10.2 Å². The first-order valence-corrected chi connectivity index (χ1v) is 12.0. The lowest BCUT2D eigenvalue weighted by Gasteiger charge is -2.35. The van der Waals surface area contributed by atoms with Crippen LogP contribution >= 0.6 is 0 Å². The highest BCUT2D eigenvalue weighted by atomic mass is 19.4. The standard InChI is InChI=1S/C25H30F3N5O2/c26-25(27,28)22-16-20(6-7-23(22)31-35)30-19-10-14-33(15-11-19)24(34)29-17-18-8-12-32(13-9-18)21-4-2-1-3-5-21/h1-7,16,18-19,30H,8-15,17H2,(H,29,34). The maximum Gasteiger partial charge on any atom is 0.418 e. The van der Waals surface area contributed by atoms with E-state index in [1.807, 2.05) is 18.2 Å². The van der Waals surface area contributed by atoms with E-state index in [-0.39, 0.29) is 17.8 Å². The summed E-state index contributed by atoms with van der Waals surface area (Å²) < 4.78 is 39.5. The number of rotatable bonds is 6. The number of carbonyl (C=O) groups excluding carboxylic acids is 1. The van der Waals surface area contributed by atoms with Gasteiger partial charge in [0, 0.05) is 50.1 Å². The molecule has 2 aromatic carbocycles. The summed E-state index contributed by atoms with van der Waals surface area (Å²) >= 11 is 0. The molecular formula is C25H30F3N5O2. The molecule has 2 amide bonds. The summed E-state index contributed by atoms with van der Waals surface area (Å²) in [6.45, 7) is 3.65. The van der Waals surface area contributed by atoms with Gasteiger partial charge in [-0.15, -0.1) is 4.91 Å². The molecule has 2 aliphatic heterocycles. The predicted octanol–water partition coefficient (Wildman–Crippen LogP) is 5.61. The van der Waals surface area contributed by atoms with Gasteiger partial charge in [0.05, 0.1) is 5.56 Å². The van der Waals surface area contributed by atoms with Crippen molar-refractivity contribution in [2.75, 3.05) is 42.9 Å². The molecule has 0 unspecified atom stereocenters. The lowest BCUT2D eigenvalue weighted by molar-refractivity contribution is -0.137. The Bertz CT molecular complexity index is 1000. The number of carbonyl (C=O) groups is 1. The van der Waals surface area contributed by atoms with E-state index < -0.39 is 17.4 Å². The third-order valence-electron chi connectivity index (χ3n) is 6.83. The molecule has 0 aliphatic carbocycles. The van der Waals surface area contributed by atoms with Gasteiger partial charge in [-0.25, -0.2) is 4.79 Å². The highest BCUT2D eigenvalue weighted by Crippen LogP contribution is 2.38. The van der Waals surface area contributed by atoms with Crippen LogP contribution in [0.3, 0.4) is 0 Å². The Balaban J connectivity index is 1.19. The molecule has 0 atom stereocenters. The van der Waals surface area contributed by atoms with Gasteiger partial charge in [-0.3, -0.25) is 0 Å². The summed E-state index contributed by atoms with van der Waals surface area (Å²) in [5, 5.41) is 8.63.